The van der Waals surface area contributed by atoms with Crippen LogP contribution in [0, 0.1) is 23.0 Å². The van der Waals surface area contributed by atoms with Gasteiger partial charge in [-0.2, -0.15) is 0 Å². The summed E-state index contributed by atoms with van der Waals surface area (Å²) in [6.07, 6.45) is 0.417. The van der Waals surface area contributed by atoms with E-state index in [9.17, 15) is 14.9 Å². The van der Waals surface area contributed by atoms with Gasteiger partial charge < -0.3 is 10.4 Å². The molecule has 2 N–H and O–H groups in total. The number of hydrogen-bond acceptors (Lipinski definition) is 4. The van der Waals surface area contributed by atoms with Crippen LogP contribution < -0.4 is 5.32 Å². The summed E-state index contributed by atoms with van der Waals surface area (Å²) in [6, 6.07) is 4.82. The molecule has 0 saturated heterocycles. The van der Waals surface area contributed by atoms with Crippen LogP contribution in [0.3, 0.4) is 0 Å². The average Bonchev–Trinajstić information content (AvgIpc) is 2.30. The first-order valence-corrected chi connectivity index (χ1v) is 5.64. The number of nitrogens with one attached hydrogen (secondary N) is 1. The quantitative estimate of drug-likeness (QED) is 0.599. The number of carbonyl (C=O) groups is 1. The number of carboxylic acids is 1. The molecule has 98 valence electrons. The minimum absolute atomic E-state index is 0.0120. The van der Waals surface area contributed by atoms with Crippen molar-refractivity contribution >= 4 is 17.3 Å². The topological polar surface area (TPSA) is 92.5 Å². The number of aliphatic carboxylic acids is 1. The van der Waals surface area contributed by atoms with Crippen molar-refractivity contribution in [3.8, 4) is 0 Å². The molecule has 0 spiro atoms. The maximum Gasteiger partial charge on any atom is 0.306 e. The van der Waals surface area contributed by atoms with Crippen molar-refractivity contribution in [2.45, 2.75) is 20.3 Å². The molecule has 1 aromatic carbocycles. The van der Waals surface area contributed by atoms with Crippen LogP contribution >= 0.6 is 0 Å². The number of nitrogens with zero attached hydrogens (tertiary/aromatic N) is 1. The standard InChI is InChI=1S/C12H16N2O4/c1-8-4-3-5-10(14(17)18)11(8)13-7-6-9(2)12(15)16/h3-5,9,13H,6-7H2,1-2H3,(H,15,16). The van der Waals surface area contributed by atoms with Crippen LogP contribution in [0.4, 0.5) is 11.4 Å². The van der Waals surface area contributed by atoms with Crippen LogP contribution in [0.15, 0.2) is 18.2 Å². The van der Waals surface area contributed by atoms with Crippen molar-refractivity contribution in [2.24, 2.45) is 5.92 Å². The van der Waals surface area contributed by atoms with Crippen molar-refractivity contribution < 1.29 is 14.8 Å². The third-order valence-electron chi connectivity index (χ3n) is 2.75. The number of rotatable bonds is 6. The van der Waals surface area contributed by atoms with Crippen LogP contribution in [0.1, 0.15) is 18.9 Å². The summed E-state index contributed by atoms with van der Waals surface area (Å²) in [6.45, 7) is 3.77. The van der Waals surface area contributed by atoms with E-state index < -0.39 is 16.8 Å². The molecule has 6 heteroatoms. The molecule has 1 rings (SSSR count). The summed E-state index contributed by atoms with van der Waals surface area (Å²) in [5, 5.41) is 22.5. The molecule has 6 nitrogen and oxygen atoms in total. The molecule has 0 bridgehead atoms. The maximum absolute atomic E-state index is 10.9. The van der Waals surface area contributed by atoms with Gasteiger partial charge in [0.15, 0.2) is 0 Å². The van der Waals surface area contributed by atoms with Crippen LogP contribution in [-0.4, -0.2) is 22.5 Å². The molecule has 0 saturated carbocycles. The van der Waals surface area contributed by atoms with Gasteiger partial charge in [0.1, 0.15) is 5.69 Å². The fourth-order valence-electron chi connectivity index (χ4n) is 1.57. The lowest BCUT2D eigenvalue weighted by atomic mass is 10.1. The zero-order valence-electron chi connectivity index (χ0n) is 10.3. The van der Waals surface area contributed by atoms with Crippen molar-refractivity contribution in [3.63, 3.8) is 0 Å². The van der Waals surface area contributed by atoms with Gasteiger partial charge in [0, 0.05) is 12.6 Å². The van der Waals surface area contributed by atoms with E-state index in [0.29, 0.717) is 18.7 Å². The third kappa shape index (κ3) is 3.44. The van der Waals surface area contributed by atoms with Crippen LogP contribution in [0.5, 0.6) is 0 Å². The predicted octanol–water partition coefficient (Wildman–Crippen LogP) is 2.43. The monoisotopic (exact) mass is 252 g/mol. The summed E-state index contributed by atoms with van der Waals surface area (Å²) >= 11 is 0. The van der Waals surface area contributed by atoms with Gasteiger partial charge >= 0.3 is 5.97 Å². The van der Waals surface area contributed by atoms with E-state index in [1.54, 1.807) is 26.0 Å². The Bertz CT molecular complexity index is 459. The Morgan fingerprint density at radius 3 is 2.78 bits per heavy atom. The number of anilines is 1. The Kier molecular flexibility index (Phi) is 4.65. The summed E-state index contributed by atoms with van der Waals surface area (Å²) in [7, 11) is 0. The summed E-state index contributed by atoms with van der Waals surface area (Å²) in [5.41, 5.74) is 1.24. The fraction of sp³-hybridized carbons (Fsp3) is 0.417. The Morgan fingerprint density at radius 1 is 1.56 bits per heavy atom. The number of para-hydroxylation sites is 1. The normalized spacial score (nSPS) is 11.9. The first-order valence-electron chi connectivity index (χ1n) is 5.64. The van der Waals surface area contributed by atoms with Crippen LogP contribution in [-0.2, 0) is 4.79 Å². The largest absolute Gasteiger partial charge is 0.481 e. The number of nitro groups is 1. The van der Waals surface area contributed by atoms with E-state index in [1.807, 2.05) is 0 Å². The number of aryl methyl sites for hydroxylation is 1. The van der Waals surface area contributed by atoms with Crippen LogP contribution in [0.2, 0.25) is 0 Å². The van der Waals surface area contributed by atoms with E-state index in [2.05, 4.69) is 5.32 Å². The molecular formula is C12H16N2O4. The lowest BCUT2D eigenvalue weighted by Gasteiger charge is -2.11. The SMILES string of the molecule is Cc1cccc([N+](=O)[O-])c1NCCC(C)C(=O)O. The minimum Gasteiger partial charge on any atom is -0.481 e. The average molecular weight is 252 g/mol. The Labute approximate surface area is 105 Å². The Hall–Kier alpha value is -2.11. The van der Waals surface area contributed by atoms with E-state index in [4.69, 9.17) is 5.11 Å². The molecule has 0 amide bonds. The smallest absolute Gasteiger partial charge is 0.306 e. The zero-order chi connectivity index (χ0) is 13.7. The second kappa shape index (κ2) is 6.00. The number of benzene rings is 1. The molecule has 0 aliphatic heterocycles. The minimum atomic E-state index is -0.865. The second-order valence-electron chi connectivity index (χ2n) is 4.18. The highest BCUT2D eigenvalue weighted by Gasteiger charge is 2.16. The molecule has 0 aliphatic rings. The highest BCUT2D eigenvalue weighted by atomic mass is 16.6. The Morgan fingerprint density at radius 2 is 2.22 bits per heavy atom. The number of nitro benzene ring substituents is 1. The summed E-state index contributed by atoms with van der Waals surface area (Å²) < 4.78 is 0. The molecule has 0 aromatic heterocycles. The summed E-state index contributed by atoms with van der Waals surface area (Å²) in [4.78, 5) is 21.0. The van der Waals surface area contributed by atoms with Gasteiger partial charge in [0.25, 0.3) is 5.69 Å². The van der Waals surface area contributed by atoms with E-state index in [1.165, 1.54) is 6.07 Å². The molecule has 1 atom stereocenters. The predicted molar refractivity (Wildman–Crippen MR) is 67.7 cm³/mol. The molecule has 0 heterocycles. The zero-order valence-corrected chi connectivity index (χ0v) is 10.3. The molecule has 0 fully saturated rings. The molecular weight excluding hydrogens is 236 g/mol. The fourth-order valence-corrected chi connectivity index (χ4v) is 1.57. The molecule has 18 heavy (non-hydrogen) atoms. The van der Waals surface area contributed by atoms with Gasteiger partial charge in [-0.1, -0.05) is 19.1 Å². The molecule has 1 aromatic rings. The third-order valence-corrected chi connectivity index (χ3v) is 2.75. The van der Waals surface area contributed by atoms with Gasteiger partial charge in [0.2, 0.25) is 0 Å². The van der Waals surface area contributed by atoms with Crippen molar-refractivity contribution in [1.82, 2.24) is 0 Å². The number of hydrogen-bond donors (Lipinski definition) is 2. The van der Waals surface area contributed by atoms with Gasteiger partial charge in [-0.15, -0.1) is 0 Å². The van der Waals surface area contributed by atoms with Gasteiger partial charge in [-0.25, -0.2) is 0 Å². The second-order valence-corrected chi connectivity index (χ2v) is 4.18. The van der Waals surface area contributed by atoms with Crippen molar-refractivity contribution in [2.75, 3.05) is 11.9 Å². The summed E-state index contributed by atoms with van der Waals surface area (Å²) in [5.74, 6) is -1.34. The Balaban J connectivity index is 2.72. The molecule has 1 unspecified atom stereocenters. The first-order chi connectivity index (χ1) is 8.43. The molecule has 0 radical (unpaired) electrons. The maximum atomic E-state index is 10.9. The van der Waals surface area contributed by atoms with Crippen molar-refractivity contribution in [1.29, 1.82) is 0 Å². The van der Waals surface area contributed by atoms with Gasteiger partial charge in [0.05, 0.1) is 10.8 Å². The van der Waals surface area contributed by atoms with E-state index >= 15 is 0 Å². The lowest BCUT2D eigenvalue weighted by Crippen LogP contribution is -2.15. The van der Waals surface area contributed by atoms with Gasteiger partial charge in [-0.3, -0.25) is 14.9 Å². The van der Waals surface area contributed by atoms with Crippen molar-refractivity contribution in [3.05, 3.63) is 33.9 Å². The highest BCUT2D eigenvalue weighted by Crippen LogP contribution is 2.27. The van der Waals surface area contributed by atoms with E-state index in [-0.39, 0.29) is 5.69 Å². The first kappa shape index (κ1) is 14.0. The molecule has 0 aliphatic carbocycles. The van der Waals surface area contributed by atoms with Gasteiger partial charge in [-0.05, 0) is 18.9 Å². The highest BCUT2D eigenvalue weighted by molar-refractivity contribution is 5.70. The number of carboxylic acid groups (broad SMARTS) is 1. The lowest BCUT2D eigenvalue weighted by molar-refractivity contribution is -0.384. The van der Waals surface area contributed by atoms with Crippen LogP contribution in [0.25, 0.3) is 0 Å². The van der Waals surface area contributed by atoms with E-state index in [0.717, 1.165) is 5.56 Å².